The molecular weight excluding hydrogens is 403 g/mol. The fourth-order valence-electron chi connectivity index (χ4n) is 3.57. The minimum atomic E-state index is -0.487. The quantitative estimate of drug-likeness (QED) is 0.372. The number of hydrogen-bond donors (Lipinski definition) is 1. The van der Waals surface area contributed by atoms with Crippen molar-refractivity contribution in [1.82, 2.24) is 15.1 Å². The Morgan fingerprint density at radius 3 is 2.65 bits per heavy atom. The van der Waals surface area contributed by atoms with Crippen LogP contribution in [-0.4, -0.2) is 20.6 Å². The van der Waals surface area contributed by atoms with E-state index in [2.05, 4.69) is 10.4 Å². The average molecular weight is 422 g/mol. The van der Waals surface area contributed by atoms with Crippen molar-refractivity contribution < 1.29 is 18.5 Å². The van der Waals surface area contributed by atoms with E-state index in [1.807, 2.05) is 6.92 Å². The van der Waals surface area contributed by atoms with Gasteiger partial charge in [-0.2, -0.15) is 5.10 Å². The van der Waals surface area contributed by atoms with Crippen LogP contribution in [0.4, 0.5) is 10.1 Å². The molecule has 1 atom stereocenters. The van der Waals surface area contributed by atoms with Gasteiger partial charge in [-0.3, -0.25) is 19.6 Å². The van der Waals surface area contributed by atoms with E-state index >= 15 is 0 Å². The van der Waals surface area contributed by atoms with E-state index in [0.717, 1.165) is 5.56 Å². The summed E-state index contributed by atoms with van der Waals surface area (Å²) in [6.07, 6.45) is 1.58. The zero-order chi connectivity index (χ0) is 22.3. The number of amides is 1. The number of nitro groups is 1. The zero-order valence-corrected chi connectivity index (χ0v) is 17.0. The Hall–Kier alpha value is -4.01. The van der Waals surface area contributed by atoms with Crippen LogP contribution in [-0.2, 0) is 7.05 Å². The van der Waals surface area contributed by atoms with Crippen molar-refractivity contribution in [3.8, 4) is 11.3 Å². The highest BCUT2D eigenvalue weighted by molar-refractivity contribution is 6.00. The second kappa shape index (κ2) is 7.67. The van der Waals surface area contributed by atoms with E-state index in [-0.39, 0.29) is 17.4 Å². The van der Waals surface area contributed by atoms with Crippen molar-refractivity contribution in [3.05, 3.63) is 81.5 Å². The lowest BCUT2D eigenvalue weighted by atomic mass is 10.1. The molecule has 31 heavy (non-hydrogen) atoms. The number of nitrogens with zero attached hydrogens (tertiary/aromatic N) is 3. The van der Waals surface area contributed by atoms with Gasteiger partial charge in [-0.25, -0.2) is 4.39 Å². The number of fused-ring (bicyclic) bond motifs is 1. The summed E-state index contributed by atoms with van der Waals surface area (Å²) in [6, 6.07) is 9.65. The van der Waals surface area contributed by atoms with Crippen molar-refractivity contribution >= 4 is 22.6 Å². The van der Waals surface area contributed by atoms with Crippen LogP contribution in [0.1, 0.15) is 34.6 Å². The Balaban J connectivity index is 1.62. The van der Waals surface area contributed by atoms with Crippen LogP contribution in [0.3, 0.4) is 0 Å². The van der Waals surface area contributed by atoms with Gasteiger partial charge in [-0.15, -0.1) is 0 Å². The van der Waals surface area contributed by atoms with Crippen LogP contribution in [0.5, 0.6) is 0 Å². The molecule has 0 radical (unpaired) electrons. The monoisotopic (exact) mass is 422 g/mol. The predicted octanol–water partition coefficient (Wildman–Crippen LogP) is 4.68. The fourth-order valence-corrected chi connectivity index (χ4v) is 3.57. The van der Waals surface area contributed by atoms with Gasteiger partial charge in [0.2, 0.25) is 0 Å². The number of carbonyl (C=O) groups excluding carboxylic acids is 1. The van der Waals surface area contributed by atoms with E-state index in [1.54, 1.807) is 38.4 Å². The third-order valence-corrected chi connectivity index (χ3v) is 5.10. The number of aromatic nitrogens is 2. The SMILES string of the molecule is Cc1c(C(C)NC(=O)c2cn(C)nc2-c2ccc([N+](=O)[O-])cc2)oc2ccc(F)cc12. The molecule has 0 aliphatic heterocycles. The molecule has 0 aliphatic carbocycles. The van der Waals surface area contributed by atoms with Gasteiger partial charge in [0, 0.05) is 41.9 Å². The molecule has 2 aromatic carbocycles. The largest absolute Gasteiger partial charge is 0.459 e. The van der Waals surface area contributed by atoms with Gasteiger partial charge in [-0.1, -0.05) is 0 Å². The molecule has 1 unspecified atom stereocenters. The number of carbonyl (C=O) groups is 1. The molecule has 8 nitrogen and oxygen atoms in total. The third-order valence-electron chi connectivity index (χ3n) is 5.10. The number of aryl methyl sites for hydroxylation is 2. The first kappa shape index (κ1) is 20.3. The summed E-state index contributed by atoms with van der Waals surface area (Å²) in [5, 5.41) is 18.8. The highest BCUT2D eigenvalue weighted by atomic mass is 19.1. The Kier molecular flexibility index (Phi) is 5.02. The Morgan fingerprint density at radius 1 is 1.26 bits per heavy atom. The number of rotatable bonds is 5. The molecule has 0 aliphatic rings. The van der Waals surface area contributed by atoms with Crippen LogP contribution >= 0.6 is 0 Å². The van der Waals surface area contributed by atoms with Crippen LogP contribution in [0, 0.1) is 22.9 Å². The average Bonchev–Trinajstić information content (AvgIpc) is 3.28. The van der Waals surface area contributed by atoms with E-state index in [1.165, 1.54) is 28.9 Å². The van der Waals surface area contributed by atoms with Gasteiger partial charge in [-0.05, 0) is 44.2 Å². The molecule has 4 aromatic rings. The maximum absolute atomic E-state index is 13.6. The molecule has 4 rings (SSSR count). The smallest absolute Gasteiger partial charge is 0.269 e. The Morgan fingerprint density at radius 2 is 1.97 bits per heavy atom. The molecule has 0 saturated carbocycles. The minimum absolute atomic E-state index is 0.0453. The lowest BCUT2D eigenvalue weighted by Crippen LogP contribution is -2.27. The summed E-state index contributed by atoms with van der Waals surface area (Å²) in [5.74, 6) is -0.197. The molecule has 0 saturated heterocycles. The van der Waals surface area contributed by atoms with Crippen molar-refractivity contribution in [2.24, 2.45) is 7.05 Å². The number of hydrogen-bond acceptors (Lipinski definition) is 5. The molecule has 9 heteroatoms. The van der Waals surface area contributed by atoms with E-state index in [0.29, 0.717) is 33.6 Å². The van der Waals surface area contributed by atoms with Crippen molar-refractivity contribution in [3.63, 3.8) is 0 Å². The normalized spacial score (nSPS) is 12.1. The van der Waals surface area contributed by atoms with Gasteiger partial charge >= 0.3 is 0 Å². The van der Waals surface area contributed by atoms with Crippen molar-refractivity contribution in [1.29, 1.82) is 0 Å². The van der Waals surface area contributed by atoms with E-state index in [9.17, 15) is 19.3 Å². The molecule has 1 N–H and O–H groups in total. The molecule has 0 fully saturated rings. The predicted molar refractivity (Wildman–Crippen MR) is 112 cm³/mol. The molecule has 0 bridgehead atoms. The highest BCUT2D eigenvalue weighted by Gasteiger charge is 2.23. The molecular formula is C22H19FN4O4. The van der Waals surface area contributed by atoms with Gasteiger partial charge in [0.1, 0.15) is 22.9 Å². The van der Waals surface area contributed by atoms with Crippen LogP contribution in [0.2, 0.25) is 0 Å². The molecule has 0 spiro atoms. The van der Waals surface area contributed by atoms with Gasteiger partial charge in [0.25, 0.3) is 11.6 Å². The number of nitrogens with one attached hydrogen (secondary N) is 1. The van der Waals surface area contributed by atoms with Gasteiger partial charge < -0.3 is 9.73 Å². The van der Waals surface area contributed by atoms with Crippen LogP contribution in [0.15, 0.2) is 53.1 Å². The van der Waals surface area contributed by atoms with Gasteiger partial charge in [0.15, 0.2) is 0 Å². The van der Waals surface area contributed by atoms with Crippen LogP contribution < -0.4 is 5.32 Å². The Labute approximate surface area is 176 Å². The minimum Gasteiger partial charge on any atom is -0.459 e. The summed E-state index contributed by atoms with van der Waals surface area (Å²) in [7, 11) is 1.69. The first-order chi connectivity index (χ1) is 14.7. The molecule has 1 amide bonds. The highest BCUT2D eigenvalue weighted by Crippen LogP contribution is 2.31. The summed E-state index contributed by atoms with van der Waals surface area (Å²) in [4.78, 5) is 23.4. The number of halogens is 1. The number of non-ortho nitro benzene ring substituents is 1. The third kappa shape index (κ3) is 3.77. The molecule has 2 heterocycles. The first-order valence-corrected chi connectivity index (χ1v) is 9.52. The number of furan rings is 1. The molecule has 158 valence electrons. The topological polar surface area (TPSA) is 103 Å². The maximum Gasteiger partial charge on any atom is 0.269 e. The molecule has 2 aromatic heterocycles. The van der Waals surface area contributed by atoms with Gasteiger partial charge in [0.05, 0.1) is 16.5 Å². The lowest BCUT2D eigenvalue weighted by molar-refractivity contribution is -0.384. The lowest BCUT2D eigenvalue weighted by Gasteiger charge is -2.12. The van der Waals surface area contributed by atoms with Crippen LogP contribution in [0.25, 0.3) is 22.2 Å². The number of nitro benzene ring substituents is 1. The number of benzene rings is 2. The first-order valence-electron chi connectivity index (χ1n) is 9.52. The summed E-state index contributed by atoms with van der Waals surface area (Å²) < 4.78 is 20.9. The standard InChI is InChI=1S/C22H19FN4O4/c1-12-17-10-15(23)6-9-19(17)31-21(12)13(2)24-22(28)18-11-26(3)25-20(18)14-4-7-16(8-5-14)27(29)30/h4-11,13H,1-3H3,(H,24,28). The zero-order valence-electron chi connectivity index (χ0n) is 17.0. The summed E-state index contributed by atoms with van der Waals surface area (Å²) >= 11 is 0. The van der Waals surface area contributed by atoms with Crippen molar-refractivity contribution in [2.45, 2.75) is 19.9 Å². The summed E-state index contributed by atoms with van der Waals surface area (Å²) in [5.41, 5.74) is 2.57. The second-order valence-corrected chi connectivity index (χ2v) is 7.30. The Bertz CT molecular complexity index is 1310. The second-order valence-electron chi connectivity index (χ2n) is 7.30. The maximum atomic E-state index is 13.6. The van der Waals surface area contributed by atoms with E-state index in [4.69, 9.17) is 4.42 Å². The van der Waals surface area contributed by atoms with E-state index < -0.39 is 11.0 Å². The summed E-state index contributed by atoms with van der Waals surface area (Å²) in [6.45, 7) is 3.59. The fraction of sp³-hybridized carbons (Fsp3) is 0.182. The van der Waals surface area contributed by atoms with Crippen molar-refractivity contribution in [2.75, 3.05) is 0 Å².